The van der Waals surface area contributed by atoms with Crippen LogP contribution in [0.2, 0.25) is 0 Å². The van der Waals surface area contributed by atoms with Crippen LogP contribution in [-0.4, -0.2) is 39.2 Å². The fraction of sp³-hybridized carbons (Fsp3) is 0.500. The minimum atomic E-state index is -0.506. The maximum absolute atomic E-state index is 11.2. The Morgan fingerprint density at radius 3 is 2.90 bits per heavy atom. The monoisotopic (exact) mass is 400 g/mol. The van der Waals surface area contributed by atoms with Crippen LogP contribution in [0.3, 0.4) is 0 Å². The SMILES string of the molecule is CCCc1cc(N2CCCC[C@@H]2CCO)nc(Nc2ccc(N)c([N+](=O)[O-])c2)n1. The Labute approximate surface area is 170 Å². The zero-order valence-corrected chi connectivity index (χ0v) is 16.7. The summed E-state index contributed by atoms with van der Waals surface area (Å²) >= 11 is 0. The maximum Gasteiger partial charge on any atom is 0.294 e. The zero-order chi connectivity index (χ0) is 20.8. The molecule has 0 radical (unpaired) electrons. The number of nitro groups is 1. The summed E-state index contributed by atoms with van der Waals surface area (Å²) in [6.45, 7) is 3.13. The van der Waals surface area contributed by atoms with Crippen LogP contribution in [0.4, 0.5) is 28.8 Å². The van der Waals surface area contributed by atoms with E-state index in [0.717, 1.165) is 50.2 Å². The van der Waals surface area contributed by atoms with E-state index in [1.807, 2.05) is 6.07 Å². The van der Waals surface area contributed by atoms with Gasteiger partial charge in [0.2, 0.25) is 5.95 Å². The number of nitrogens with zero attached hydrogens (tertiary/aromatic N) is 4. The summed E-state index contributed by atoms with van der Waals surface area (Å²) in [6, 6.07) is 6.83. The number of nitrogens with two attached hydrogens (primary N) is 1. The Morgan fingerprint density at radius 2 is 2.17 bits per heavy atom. The molecule has 2 heterocycles. The van der Waals surface area contributed by atoms with Gasteiger partial charge in [0.15, 0.2) is 0 Å². The number of nitro benzene ring substituents is 1. The number of nitrogens with one attached hydrogen (secondary N) is 1. The number of aliphatic hydroxyl groups is 1. The van der Waals surface area contributed by atoms with Gasteiger partial charge in [0.05, 0.1) is 4.92 Å². The molecular formula is C20H28N6O3. The Bertz CT molecular complexity index is 858. The lowest BCUT2D eigenvalue weighted by Crippen LogP contribution is -2.40. The van der Waals surface area contributed by atoms with Crippen molar-refractivity contribution in [2.45, 2.75) is 51.5 Å². The fourth-order valence-electron chi connectivity index (χ4n) is 3.73. The van der Waals surface area contributed by atoms with E-state index in [-0.39, 0.29) is 24.0 Å². The quantitative estimate of drug-likeness (QED) is 0.349. The summed E-state index contributed by atoms with van der Waals surface area (Å²) < 4.78 is 0. The number of aliphatic hydroxyl groups excluding tert-OH is 1. The van der Waals surface area contributed by atoms with Crippen molar-refractivity contribution in [2.75, 3.05) is 29.1 Å². The Balaban J connectivity index is 1.92. The number of aromatic nitrogens is 2. The number of rotatable bonds is 8. The first-order chi connectivity index (χ1) is 14.0. The van der Waals surface area contributed by atoms with Crippen molar-refractivity contribution >= 4 is 28.8 Å². The molecule has 29 heavy (non-hydrogen) atoms. The molecule has 1 saturated heterocycles. The molecule has 3 rings (SSSR count). The Kier molecular flexibility index (Phi) is 6.82. The summed E-state index contributed by atoms with van der Waals surface area (Å²) in [6.07, 6.45) is 5.73. The molecule has 1 aromatic heterocycles. The third-order valence-corrected chi connectivity index (χ3v) is 5.14. The smallest absolute Gasteiger partial charge is 0.294 e. The van der Waals surface area contributed by atoms with Gasteiger partial charge in [-0.15, -0.1) is 0 Å². The van der Waals surface area contributed by atoms with Crippen molar-refractivity contribution in [1.29, 1.82) is 0 Å². The summed E-state index contributed by atoms with van der Waals surface area (Å²) in [5.41, 5.74) is 7.07. The standard InChI is InChI=1S/C20H28N6O3/c1-2-5-14-13-19(25-10-4-3-6-16(25)9-11-27)24-20(22-14)23-15-7-8-17(21)18(12-15)26(28)29/h7-8,12-13,16,27H,2-6,9-11,21H2,1H3,(H,22,23,24)/t16-/m1/s1. The molecule has 9 nitrogen and oxygen atoms in total. The first kappa shape index (κ1) is 20.8. The van der Waals surface area contributed by atoms with E-state index in [1.165, 1.54) is 12.1 Å². The molecule has 156 valence electrons. The summed E-state index contributed by atoms with van der Waals surface area (Å²) in [5.74, 6) is 1.23. The summed E-state index contributed by atoms with van der Waals surface area (Å²) in [7, 11) is 0. The molecule has 2 aromatic rings. The van der Waals surface area contributed by atoms with E-state index >= 15 is 0 Å². The molecule has 0 unspecified atom stereocenters. The van der Waals surface area contributed by atoms with Gasteiger partial charge in [-0.25, -0.2) is 4.98 Å². The van der Waals surface area contributed by atoms with Crippen LogP contribution in [0.25, 0.3) is 0 Å². The molecule has 0 bridgehead atoms. The van der Waals surface area contributed by atoms with Crippen molar-refractivity contribution in [2.24, 2.45) is 0 Å². The fourth-order valence-corrected chi connectivity index (χ4v) is 3.73. The van der Waals surface area contributed by atoms with Crippen molar-refractivity contribution in [1.82, 2.24) is 9.97 Å². The first-order valence-electron chi connectivity index (χ1n) is 10.1. The second kappa shape index (κ2) is 9.51. The average Bonchev–Trinajstić information content (AvgIpc) is 2.70. The van der Waals surface area contributed by atoms with Crippen LogP contribution in [0.15, 0.2) is 24.3 Å². The molecule has 0 aliphatic carbocycles. The molecule has 9 heteroatoms. The van der Waals surface area contributed by atoms with E-state index < -0.39 is 4.92 Å². The largest absolute Gasteiger partial charge is 0.396 e. The summed E-state index contributed by atoms with van der Waals surface area (Å²) in [5, 5.41) is 23.7. The maximum atomic E-state index is 11.2. The Morgan fingerprint density at radius 1 is 1.34 bits per heavy atom. The number of anilines is 4. The molecule has 1 aromatic carbocycles. The van der Waals surface area contributed by atoms with Crippen LogP contribution in [0.1, 0.15) is 44.7 Å². The number of hydrogen-bond donors (Lipinski definition) is 3. The van der Waals surface area contributed by atoms with Gasteiger partial charge in [-0.05, 0) is 44.2 Å². The van der Waals surface area contributed by atoms with Crippen LogP contribution in [0, 0.1) is 10.1 Å². The lowest BCUT2D eigenvalue weighted by molar-refractivity contribution is -0.383. The summed E-state index contributed by atoms with van der Waals surface area (Å²) in [4.78, 5) is 22.2. The predicted molar refractivity (Wildman–Crippen MR) is 114 cm³/mol. The van der Waals surface area contributed by atoms with Gasteiger partial charge in [-0.2, -0.15) is 4.98 Å². The molecule has 1 fully saturated rings. The second-order valence-corrected chi connectivity index (χ2v) is 7.30. The first-order valence-corrected chi connectivity index (χ1v) is 10.1. The van der Waals surface area contributed by atoms with Gasteiger partial charge in [-0.1, -0.05) is 13.3 Å². The molecule has 1 aliphatic rings. The van der Waals surface area contributed by atoms with Crippen LogP contribution >= 0.6 is 0 Å². The van der Waals surface area contributed by atoms with E-state index in [1.54, 1.807) is 6.07 Å². The molecule has 1 atom stereocenters. The molecule has 4 N–H and O–H groups in total. The molecule has 0 amide bonds. The lowest BCUT2D eigenvalue weighted by atomic mass is 9.99. The molecular weight excluding hydrogens is 372 g/mol. The second-order valence-electron chi connectivity index (χ2n) is 7.30. The third-order valence-electron chi connectivity index (χ3n) is 5.14. The van der Waals surface area contributed by atoms with Crippen LogP contribution in [-0.2, 0) is 6.42 Å². The Hall–Kier alpha value is -2.94. The number of hydrogen-bond acceptors (Lipinski definition) is 8. The van der Waals surface area contributed by atoms with Gasteiger partial charge < -0.3 is 21.1 Å². The molecule has 0 saturated carbocycles. The van der Waals surface area contributed by atoms with Gasteiger partial charge in [0, 0.05) is 42.7 Å². The number of piperidine rings is 1. The highest BCUT2D eigenvalue weighted by Gasteiger charge is 2.24. The third kappa shape index (κ3) is 5.11. The zero-order valence-electron chi connectivity index (χ0n) is 16.7. The van der Waals surface area contributed by atoms with Crippen molar-refractivity contribution in [3.05, 3.63) is 40.1 Å². The van der Waals surface area contributed by atoms with Crippen molar-refractivity contribution < 1.29 is 10.0 Å². The topological polar surface area (TPSA) is 130 Å². The predicted octanol–water partition coefficient (Wildman–Crippen LogP) is 3.40. The highest BCUT2D eigenvalue weighted by Crippen LogP contribution is 2.29. The highest BCUT2D eigenvalue weighted by molar-refractivity contribution is 5.68. The number of nitrogen functional groups attached to an aromatic ring is 1. The number of aryl methyl sites for hydroxylation is 1. The van der Waals surface area contributed by atoms with Gasteiger partial charge >= 0.3 is 0 Å². The van der Waals surface area contributed by atoms with Crippen LogP contribution in [0.5, 0.6) is 0 Å². The average molecular weight is 400 g/mol. The van der Waals surface area contributed by atoms with E-state index in [4.69, 9.17) is 5.73 Å². The van der Waals surface area contributed by atoms with Gasteiger partial charge in [0.25, 0.3) is 5.69 Å². The minimum absolute atomic E-state index is 0.113. The van der Waals surface area contributed by atoms with Gasteiger partial charge in [0.1, 0.15) is 11.5 Å². The lowest BCUT2D eigenvalue weighted by Gasteiger charge is -2.36. The van der Waals surface area contributed by atoms with Crippen LogP contribution < -0.4 is 16.0 Å². The van der Waals surface area contributed by atoms with Crippen molar-refractivity contribution in [3.8, 4) is 0 Å². The highest BCUT2D eigenvalue weighted by atomic mass is 16.6. The normalized spacial score (nSPS) is 16.6. The molecule has 0 spiro atoms. The number of benzene rings is 1. The van der Waals surface area contributed by atoms with Crippen molar-refractivity contribution in [3.63, 3.8) is 0 Å². The minimum Gasteiger partial charge on any atom is -0.396 e. The van der Waals surface area contributed by atoms with E-state index in [2.05, 4.69) is 27.1 Å². The van der Waals surface area contributed by atoms with E-state index in [9.17, 15) is 15.2 Å². The molecule has 1 aliphatic heterocycles. The van der Waals surface area contributed by atoms with Gasteiger partial charge in [-0.3, -0.25) is 10.1 Å². The van der Waals surface area contributed by atoms with E-state index in [0.29, 0.717) is 18.1 Å².